The zero-order valence-corrected chi connectivity index (χ0v) is 18.0. The maximum atomic E-state index is 13.3. The zero-order valence-electron chi connectivity index (χ0n) is 18.0. The van der Waals surface area contributed by atoms with E-state index in [9.17, 15) is 9.59 Å². The van der Waals surface area contributed by atoms with Gasteiger partial charge in [0, 0.05) is 48.7 Å². The highest BCUT2D eigenvalue weighted by molar-refractivity contribution is 5.96. The third-order valence-corrected chi connectivity index (χ3v) is 9.90. The van der Waals surface area contributed by atoms with Crippen LogP contribution in [0.4, 0.5) is 0 Å². The van der Waals surface area contributed by atoms with Gasteiger partial charge in [-0.2, -0.15) is 0 Å². The van der Waals surface area contributed by atoms with Crippen LogP contribution in [0.3, 0.4) is 0 Å². The van der Waals surface area contributed by atoms with Crippen molar-refractivity contribution in [3.8, 4) is 0 Å². The molecule has 4 nitrogen and oxygen atoms in total. The van der Waals surface area contributed by atoms with E-state index in [-0.39, 0.29) is 16.7 Å². The van der Waals surface area contributed by atoms with Gasteiger partial charge in [-0.1, -0.05) is 13.8 Å². The molecule has 0 bridgehead atoms. The van der Waals surface area contributed by atoms with E-state index in [0.29, 0.717) is 41.3 Å². The Kier molecular flexibility index (Phi) is 4.07. The summed E-state index contributed by atoms with van der Waals surface area (Å²) in [7, 11) is 0. The Balaban J connectivity index is 1.44. The lowest BCUT2D eigenvalue weighted by molar-refractivity contribution is -0.142. The summed E-state index contributed by atoms with van der Waals surface area (Å²) < 4.78 is 0. The van der Waals surface area contributed by atoms with Gasteiger partial charge in [-0.05, 0) is 75.0 Å². The lowest BCUT2D eigenvalue weighted by atomic mass is 9.49. The lowest BCUT2D eigenvalue weighted by Gasteiger charge is -2.58. The van der Waals surface area contributed by atoms with Gasteiger partial charge in [0.15, 0.2) is 5.78 Å². The number of hydrogen-bond acceptors (Lipinski definition) is 3. The molecule has 1 heterocycles. The number of amides is 1. The number of carbonyl (C=O) groups excluding carboxylic acids is 2. The van der Waals surface area contributed by atoms with Gasteiger partial charge in [-0.25, -0.2) is 0 Å². The number of allylic oxidation sites excluding steroid dienone is 2. The minimum Gasteiger partial charge on any atom is -0.387 e. The Morgan fingerprint density at radius 3 is 2.61 bits per heavy atom. The van der Waals surface area contributed by atoms with Gasteiger partial charge in [0.2, 0.25) is 5.91 Å². The number of piperidine rings is 1. The molecule has 154 valence electrons. The summed E-state index contributed by atoms with van der Waals surface area (Å²) in [5.41, 5.74) is 1.53. The Labute approximate surface area is 169 Å². The molecule has 2 unspecified atom stereocenters. The van der Waals surface area contributed by atoms with Crippen molar-refractivity contribution < 1.29 is 9.59 Å². The molecule has 1 amide bonds. The van der Waals surface area contributed by atoms with Gasteiger partial charge in [-0.15, -0.1) is 0 Å². The normalized spacial score (nSPS) is 48.4. The number of carbonyl (C=O) groups is 2. The summed E-state index contributed by atoms with van der Waals surface area (Å²) in [6.45, 7) is 11.7. The molecule has 0 spiro atoms. The Hall–Kier alpha value is -1.32. The number of nitrogens with one attached hydrogen (secondary N) is 1. The monoisotopic (exact) mass is 384 g/mol. The third-order valence-electron chi connectivity index (χ3n) is 9.90. The van der Waals surface area contributed by atoms with Crippen molar-refractivity contribution in [2.75, 3.05) is 19.6 Å². The van der Waals surface area contributed by atoms with Gasteiger partial charge in [0.1, 0.15) is 0 Å². The van der Waals surface area contributed by atoms with Gasteiger partial charge < -0.3 is 10.2 Å². The molecular weight excluding hydrogens is 348 g/mol. The lowest BCUT2D eigenvalue weighted by Crippen LogP contribution is -2.58. The van der Waals surface area contributed by atoms with Crippen molar-refractivity contribution in [3.05, 3.63) is 11.8 Å². The first kappa shape index (κ1) is 18.7. The van der Waals surface area contributed by atoms with Crippen LogP contribution in [0.15, 0.2) is 11.8 Å². The summed E-state index contributed by atoms with van der Waals surface area (Å²) in [5.74, 6) is 3.75. The van der Waals surface area contributed by atoms with Crippen molar-refractivity contribution in [1.82, 2.24) is 10.2 Å². The predicted octanol–water partition coefficient (Wildman–Crippen LogP) is 3.63. The average Bonchev–Trinajstić information content (AvgIpc) is 3.41. The third kappa shape index (κ3) is 2.24. The van der Waals surface area contributed by atoms with Crippen LogP contribution in [0.1, 0.15) is 59.8 Å². The van der Waals surface area contributed by atoms with E-state index in [1.54, 1.807) is 0 Å². The van der Waals surface area contributed by atoms with Crippen molar-refractivity contribution in [1.29, 1.82) is 0 Å². The maximum Gasteiger partial charge on any atom is 0.226 e. The highest BCUT2D eigenvalue weighted by Gasteiger charge is 2.66. The van der Waals surface area contributed by atoms with Gasteiger partial charge >= 0.3 is 0 Å². The smallest absolute Gasteiger partial charge is 0.226 e. The van der Waals surface area contributed by atoms with Crippen LogP contribution in [-0.2, 0) is 9.59 Å². The number of fused-ring (bicyclic) bond motifs is 7. The Bertz CT molecular complexity index is 741. The van der Waals surface area contributed by atoms with Crippen LogP contribution in [0, 0.1) is 46.3 Å². The van der Waals surface area contributed by atoms with E-state index in [4.69, 9.17) is 0 Å². The van der Waals surface area contributed by atoms with Crippen molar-refractivity contribution in [2.45, 2.75) is 59.8 Å². The van der Waals surface area contributed by atoms with Crippen molar-refractivity contribution >= 4 is 11.7 Å². The zero-order chi connectivity index (χ0) is 19.8. The Morgan fingerprint density at radius 2 is 1.89 bits per heavy atom. The largest absolute Gasteiger partial charge is 0.387 e. The Morgan fingerprint density at radius 1 is 1.14 bits per heavy atom. The van der Waals surface area contributed by atoms with E-state index in [0.717, 1.165) is 32.5 Å². The number of nitrogens with zero attached hydrogens (tertiary/aromatic N) is 1. The summed E-state index contributed by atoms with van der Waals surface area (Å²) in [5, 5.41) is 3.71. The second kappa shape index (κ2) is 6.09. The SMILES string of the molecule is CCN(CC)C(=O)[C@H]1CC[C@H]2[C@@H]3CNC4=CC(=O)C5CC5[C@]4(C)[C@H]3CC[C@]12C. The quantitative estimate of drug-likeness (QED) is 0.808. The van der Waals surface area contributed by atoms with Crippen LogP contribution in [0.25, 0.3) is 0 Å². The molecule has 5 rings (SSSR count). The molecule has 8 atom stereocenters. The molecular formula is C24H36N2O2. The molecule has 1 saturated heterocycles. The number of ketones is 1. The number of rotatable bonds is 3. The topological polar surface area (TPSA) is 49.4 Å². The molecule has 4 aliphatic carbocycles. The van der Waals surface area contributed by atoms with Crippen molar-refractivity contribution in [2.24, 2.45) is 46.3 Å². The van der Waals surface area contributed by atoms with Crippen LogP contribution in [0.5, 0.6) is 0 Å². The summed E-state index contributed by atoms with van der Waals surface area (Å²) in [6.07, 6.45) is 7.67. The molecule has 0 aromatic rings. The van der Waals surface area contributed by atoms with E-state index in [2.05, 4.69) is 33.0 Å². The first-order valence-corrected chi connectivity index (χ1v) is 11.6. The highest BCUT2D eigenvalue weighted by Crippen LogP contribution is 2.69. The van der Waals surface area contributed by atoms with E-state index >= 15 is 0 Å². The standard InChI is InChI=1S/C24H36N2O2/c1-5-26(6-2)22(28)18-8-7-16-15-13-25-21-12-20(27)14-11-19(14)24(21,4)17(15)9-10-23(16,18)3/h12,14-19,25H,5-11,13H2,1-4H3/t14?,15-,16-,17-,18+,19?,23-,24-/m0/s1. The minimum absolute atomic E-state index is 0.146. The molecule has 5 aliphatic rings. The fourth-order valence-electron chi connectivity index (χ4n) is 8.20. The highest BCUT2D eigenvalue weighted by atomic mass is 16.2. The predicted molar refractivity (Wildman–Crippen MR) is 109 cm³/mol. The molecule has 3 saturated carbocycles. The summed E-state index contributed by atoms with van der Waals surface area (Å²) in [4.78, 5) is 27.6. The molecule has 4 fully saturated rings. The molecule has 1 aliphatic heterocycles. The summed E-state index contributed by atoms with van der Waals surface area (Å²) in [6, 6.07) is 0. The fourth-order valence-corrected chi connectivity index (χ4v) is 8.20. The van der Waals surface area contributed by atoms with E-state index in [1.165, 1.54) is 25.0 Å². The average molecular weight is 385 g/mol. The maximum absolute atomic E-state index is 13.3. The number of hydrogen-bond donors (Lipinski definition) is 1. The summed E-state index contributed by atoms with van der Waals surface area (Å²) >= 11 is 0. The van der Waals surface area contributed by atoms with Gasteiger partial charge in [-0.3, -0.25) is 9.59 Å². The minimum atomic E-state index is 0.146. The molecule has 1 N–H and O–H groups in total. The molecule has 0 radical (unpaired) electrons. The second-order valence-corrected chi connectivity index (χ2v) is 10.6. The second-order valence-electron chi connectivity index (χ2n) is 10.6. The van der Waals surface area contributed by atoms with Crippen molar-refractivity contribution in [3.63, 3.8) is 0 Å². The van der Waals surface area contributed by atoms with E-state index in [1.807, 2.05) is 11.0 Å². The fraction of sp³-hybridized carbons (Fsp3) is 0.833. The van der Waals surface area contributed by atoms with E-state index < -0.39 is 0 Å². The molecule has 28 heavy (non-hydrogen) atoms. The first-order chi connectivity index (χ1) is 13.4. The molecule has 0 aromatic carbocycles. The van der Waals surface area contributed by atoms with Crippen LogP contribution >= 0.6 is 0 Å². The van der Waals surface area contributed by atoms with Gasteiger partial charge in [0.05, 0.1) is 0 Å². The first-order valence-electron chi connectivity index (χ1n) is 11.6. The molecule has 0 aromatic heterocycles. The van der Waals surface area contributed by atoms with Gasteiger partial charge in [0.25, 0.3) is 0 Å². The van der Waals surface area contributed by atoms with Crippen LogP contribution in [-0.4, -0.2) is 36.2 Å². The van der Waals surface area contributed by atoms with Crippen LogP contribution in [0.2, 0.25) is 0 Å². The van der Waals surface area contributed by atoms with Crippen LogP contribution < -0.4 is 5.32 Å². The molecule has 4 heteroatoms.